The number of allylic oxidation sites excluding steroid dienone is 2. The molecule has 0 aromatic heterocycles. The van der Waals surface area contributed by atoms with Crippen LogP contribution in [0.4, 0.5) is 0 Å². The average molecular weight is 465 g/mol. The SMILES string of the molecule is COc1cccc(C(=O)CN(C(=O)c2ccccc2Cl)N2C(=O)C3C4C=CC(C4)C3C2=O)c1. The first kappa shape index (κ1) is 21.4. The number of halogens is 1. The number of hydrogen-bond donors (Lipinski definition) is 0. The standard InChI is InChI=1S/C25H21ClN2O5/c1-33-17-6-4-5-14(12-17)20(29)13-27(23(30)18-7-2-3-8-19(18)26)28-24(31)21-15-9-10-16(11-15)22(21)25(28)32/h2-10,12,15-16,21-22H,11,13H2,1H3. The zero-order chi connectivity index (χ0) is 23.3. The van der Waals surface area contributed by atoms with Crippen molar-refractivity contribution < 1.29 is 23.9 Å². The molecule has 1 heterocycles. The highest BCUT2D eigenvalue weighted by Crippen LogP contribution is 2.52. The zero-order valence-corrected chi connectivity index (χ0v) is 18.6. The molecule has 4 atom stereocenters. The van der Waals surface area contributed by atoms with E-state index in [1.165, 1.54) is 13.2 Å². The molecule has 0 N–H and O–H groups in total. The minimum Gasteiger partial charge on any atom is -0.497 e. The Kier molecular flexibility index (Phi) is 5.29. The number of rotatable bonds is 6. The lowest BCUT2D eigenvalue weighted by atomic mass is 9.85. The van der Waals surface area contributed by atoms with Crippen LogP contribution in [0.1, 0.15) is 27.1 Å². The molecule has 1 saturated carbocycles. The van der Waals surface area contributed by atoms with Crippen LogP contribution in [0.25, 0.3) is 0 Å². The minimum atomic E-state index is -0.682. The number of methoxy groups -OCH3 is 1. The lowest BCUT2D eigenvalue weighted by Crippen LogP contribution is -2.52. The molecule has 33 heavy (non-hydrogen) atoms. The van der Waals surface area contributed by atoms with Gasteiger partial charge in [0, 0.05) is 5.56 Å². The van der Waals surface area contributed by atoms with Gasteiger partial charge in [-0.05, 0) is 42.5 Å². The maximum atomic E-state index is 13.5. The predicted molar refractivity (Wildman–Crippen MR) is 119 cm³/mol. The van der Waals surface area contributed by atoms with Crippen LogP contribution in [0.2, 0.25) is 5.02 Å². The molecule has 2 aromatic carbocycles. The summed E-state index contributed by atoms with van der Waals surface area (Å²) in [5.74, 6) is -2.56. The highest BCUT2D eigenvalue weighted by atomic mass is 35.5. The van der Waals surface area contributed by atoms with Crippen molar-refractivity contribution in [2.45, 2.75) is 6.42 Å². The van der Waals surface area contributed by atoms with Gasteiger partial charge in [-0.2, -0.15) is 5.01 Å². The van der Waals surface area contributed by atoms with E-state index in [1.807, 2.05) is 12.2 Å². The number of hydrazine groups is 1. The molecule has 1 saturated heterocycles. The molecule has 3 amide bonds. The molecule has 8 heteroatoms. The summed E-state index contributed by atoms with van der Waals surface area (Å²) in [6.45, 7) is -0.489. The summed E-state index contributed by atoms with van der Waals surface area (Å²) in [5, 5.41) is 2.00. The number of hydrogen-bond acceptors (Lipinski definition) is 5. The second kappa shape index (κ2) is 8.15. The van der Waals surface area contributed by atoms with E-state index in [2.05, 4.69) is 0 Å². The Morgan fingerprint density at radius 3 is 2.33 bits per heavy atom. The third-order valence-corrected chi connectivity index (χ3v) is 7.04. The van der Waals surface area contributed by atoms with Crippen LogP contribution >= 0.6 is 11.6 Å². The molecule has 0 radical (unpaired) electrons. The zero-order valence-electron chi connectivity index (χ0n) is 17.8. The van der Waals surface area contributed by atoms with Gasteiger partial charge < -0.3 is 4.74 Å². The molecule has 2 fully saturated rings. The fraction of sp³-hybridized carbons (Fsp3) is 0.280. The fourth-order valence-corrected chi connectivity index (χ4v) is 5.37. The van der Waals surface area contributed by atoms with Crippen LogP contribution in [0.15, 0.2) is 60.7 Å². The summed E-state index contributed by atoms with van der Waals surface area (Å²) in [7, 11) is 1.49. The summed E-state index contributed by atoms with van der Waals surface area (Å²) < 4.78 is 5.18. The maximum absolute atomic E-state index is 13.5. The topological polar surface area (TPSA) is 84.0 Å². The first-order valence-electron chi connectivity index (χ1n) is 10.7. The van der Waals surface area contributed by atoms with E-state index in [1.54, 1.807) is 42.5 Å². The summed E-state index contributed by atoms with van der Waals surface area (Å²) in [4.78, 5) is 53.5. The molecule has 0 spiro atoms. The quantitative estimate of drug-likeness (QED) is 0.371. The number of nitrogens with zero attached hydrogens (tertiary/aromatic N) is 2. The number of Topliss-reactive ketones (excluding diaryl/α,β-unsaturated/α-hetero) is 1. The highest BCUT2D eigenvalue weighted by Gasteiger charge is 2.61. The van der Waals surface area contributed by atoms with E-state index in [0.29, 0.717) is 11.3 Å². The molecular formula is C25H21ClN2O5. The van der Waals surface area contributed by atoms with Gasteiger partial charge in [0.2, 0.25) is 0 Å². The van der Waals surface area contributed by atoms with Crippen molar-refractivity contribution in [2.24, 2.45) is 23.7 Å². The number of benzene rings is 2. The Morgan fingerprint density at radius 2 is 1.70 bits per heavy atom. The van der Waals surface area contributed by atoms with Crippen LogP contribution in [0, 0.1) is 23.7 Å². The first-order chi connectivity index (χ1) is 15.9. The van der Waals surface area contributed by atoms with Crippen LogP contribution in [0.3, 0.4) is 0 Å². The van der Waals surface area contributed by atoms with Gasteiger partial charge in [0.1, 0.15) is 12.3 Å². The normalized spacial score (nSPS) is 24.8. The third-order valence-electron chi connectivity index (χ3n) is 6.71. The van der Waals surface area contributed by atoms with Crippen molar-refractivity contribution in [1.29, 1.82) is 0 Å². The Labute approximate surface area is 195 Å². The summed E-state index contributed by atoms with van der Waals surface area (Å²) in [5.41, 5.74) is 0.406. The lowest BCUT2D eigenvalue weighted by Gasteiger charge is -2.31. The van der Waals surface area contributed by atoms with Gasteiger partial charge in [0.25, 0.3) is 17.7 Å². The number of imide groups is 1. The number of carbonyl (C=O) groups is 4. The number of ketones is 1. The number of carbonyl (C=O) groups excluding carboxylic acids is 4. The van der Waals surface area contributed by atoms with E-state index < -0.39 is 41.9 Å². The van der Waals surface area contributed by atoms with E-state index in [0.717, 1.165) is 16.4 Å². The largest absolute Gasteiger partial charge is 0.497 e. The van der Waals surface area contributed by atoms with Crippen LogP contribution in [-0.2, 0) is 9.59 Å². The molecule has 2 aliphatic carbocycles. The minimum absolute atomic E-state index is 0.0206. The van der Waals surface area contributed by atoms with Gasteiger partial charge in [-0.3, -0.25) is 19.2 Å². The van der Waals surface area contributed by atoms with Gasteiger partial charge in [-0.1, -0.05) is 48.0 Å². The van der Waals surface area contributed by atoms with Crippen molar-refractivity contribution in [3.8, 4) is 5.75 Å². The van der Waals surface area contributed by atoms with E-state index in [4.69, 9.17) is 16.3 Å². The number of amides is 3. The summed E-state index contributed by atoms with van der Waals surface area (Å²) >= 11 is 6.24. The van der Waals surface area contributed by atoms with Crippen molar-refractivity contribution >= 4 is 35.1 Å². The smallest absolute Gasteiger partial charge is 0.274 e. The van der Waals surface area contributed by atoms with Gasteiger partial charge in [0.15, 0.2) is 5.78 Å². The average Bonchev–Trinajstić information content (AvgIpc) is 3.51. The molecule has 168 valence electrons. The van der Waals surface area contributed by atoms with Gasteiger partial charge in [0.05, 0.1) is 29.5 Å². The fourth-order valence-electron chi connectivity index (χ4n) is 5.16. The Morgan fingerprint density at radius 1 is 1.03 bits per heavy atom. The second-order valence-corrected chi connectivity index (χ2v) is 8.89. The van der Waals surface area contributed by atoms with E-state index in [-0.39, 0.29) is 22.4 Å². The number of ether oxygens (including phenoxy) is 1. The molecule has 4 unspecified atom stereocenters. The first-order valence-corrected chi connectivity index (χ1v) is 11.1. The molecular weight excluding hydrogens is 444 g/mol. The Hall–Kier alpha value is -3.45. The second-order valence-electron chi connectivity index (χ2n) is 8.49. The molecule has 1 aliphatic heterocycles. The molecule has 7 nitrogen and oxygen atoms in total. The van der Waals surface area contributed by atoms with Gasteiger partial charge in [-0.15, -0.1) is 0 Å². The molecule has 2 aromatic rings. The predicted octanol–water partition coefficient (Wildman–Crippen LogP) is 3.40. The summed E-state index contributed by atoms with van der Waals surface area (Å²) in [6, 6.07) is 12.8. The Balaban J connectivity index is 1.51. The van der Waals surface area contributed by atoms with Crippen molar-refractivity contribution in [1.82, 2.24) is 10.0 Å². The van der Waals surface area contributed by atoms with Gasteiger partial charge >= 0.3 is 0 Å². The summed E-state index contributed by atoms with van der Waals surface area (Å²) in [6.07, 6.45) is 4.71. The van der Waals surface area contributed by atoms with Crippen LogP contribution in [0.5, 0.6) is 5.75 Å². The highest BCUT2D eigenvalue weighted by molar-refractivity contribution is 6.34. The Bertz CT molecular complexity index is 1180. The maximum Gasteiger partial charge on any atom is 0.274 e. The van der Waals surface area contributed by atoms with Crippen molar-refractivity contribution in [3.05, 3.63) is 76.8 Å². The lowest BCUT2D eigenvalue weighted by molar-refractivity contribution is -0.154. The van der Waals surface area contributed by atoms with Crippen molar-refractivity contribution in [2.75, 3.05) is 13.7 Å². The molecule has 3 aliphatic rings. The van der Waals surface area contributed by atoms with Gasteiger partial charge in [-0.25, -0.2) is 5.01 Å². The van der Waals surface area contributed by atoms with Crippen LogP contribution < -0.4 is 4.74 Å². The third kappa shape index (κ3) is 3.43. The number of fused-ring (bicyclic) bond motifs is 5. The van der Waals surface area contributed by atoms with Crippen molar-refractivity contribution in [3.63, 3.8) is 0 Å². The molecule has 2 bridgehead atoms. The van der Waals surface area contributed by atoms with Crippen LogP contribution in [-0.4, -0.2) is 47.2 Å². The molecule has 5 rings (SSSR count). The van der Waals surface area contributed by atoms with E-state index in [9.17, 15) is 19.2 Å². The van der Waals surface area contributed by atoms with E-state index >= 15 is 0 Å². The monoisotopic (exact) mass is 464 g/mol.